The van der Waals surface area contributed by atoms with Gasteiger partial charge in [-0.2, -0.15) is 4.68 Å². The van der Waals surface area contributed by atoms with Crippen LogP contribution in [0.3, 0.4) is 0 Å². The van der Waals surface area contributed by atoms with Crippen molar-refractivity contribution in [1.82, 2.24) is 19.2 Å². The van der Waals surface area contributed by atoms with Gasteiger partial charge in [-0.1, -0.05) is 178 Å². The number of aromatic nitrogens is 5. The highest BCUT2D eigenvalue weighted by molar-refractivity contribution is 6.10. The van der Waals surface area contributed by atoms with Crippen LogP contribution in [0, 0.1) is 13.3 Å². The highest BCUT2D eigenvalue weighted by atomic mass is 16.5. The molecule has 0 spiro atoms. The fourth-order valence-corrected chi connectivity index (χ4v) is 9.13. The van der Waals surface area contributed by atoms with Crippen molar-refractivity contribution < 1.29 is 9.42 Å². The quantitative estimate of drug-likeness (QED) is 0.113. The first-order valence-electron chi connectivity index (χ1n) is 23.6. The molecule has 7 aromatic carbocycles. The van der Waals surface area contributed by atoms with Gasteiger partial charge in [-0.25, -0.2) is 4.98 Å². The van der Waals surface area contributed by atoms with Gasteiger partial charge in [-0.05, 0) is 116 Å². The van der Waals surface area contributed by atoms with E-state index in [4.69, 9.17) is 14.8 Å². The van der Waals surface area contributed by atoms with Crippen LogP contribution < -0.4 is 9.42 Å². The molecule has 6 nitrogen and oxygen atoms in total. The van der Waals surface area contributed by atoms with Gasteiger partial charge in [-0.15, -0.1) is 5.10 Å². The lowest BCUT2D eigenvalue weighted by molar-refractivity contribution is -0.660. The second-order valence-electron chi connectivity index (χ2n) is 21.2. The van der Waals surface area contributed by atoms with Crippen molar-refractivity contribution in [3.8, 4) is 62.3 Å². The molecule has 3 aromatic heterocycles. The molecule has 0 unspecified atom stereocenters. The molecule has 6 heteroatoms. The van der Waals surface area contributed by atoms with Gasteiger partial charge >= 0.3 is 0 Å². The number of rotatable bonds is 8. The van der Waals surface area contributed by atoms with E-state index in [2.05, 4.69) is 242 Å². The summed E-state index contributed by atoms with van der Waals surface area (Å²) in [5.41, 5.74) is 14.2. The maximum absolute atomic E-state index is 6.88. The predicted octanol–water partition coefficient (Wildman–Crippen LogP) is 15.4. The van der Waals surface area contributed by atoms with Gasteiger partial charge in [0.1, 0.15) is 17.3 Å². The molecule has 10 aromatic rings. The standard InChI is InChI=1S/C62H59N5O/c1-41-19-17-26-52(43-22-15-12-16-23-43)58(41)59-64-66(49-35-46(61(5,6)7)34-47(36-49)62(8,9)10)40-65(59)48-24-18-25-50(38-48)68-51-28-29-53-54-33-44(42-20-13-11-14-21-42)27-30-55(54)67(56(53)39-51)57-37-45(31-32-63-57)60(2,3)4/h11-39H,1-10H3. The monoisotopic (exact) mass is 889 g/mol. The van der Waals surface area contributed by atoms with Gasteiger partial charge in [0.05, 0.1) is 22.4 Å². The second-order valence-corrected chi connectivity index (χ2v) is 21.2. The van der Waals surface area contributed by atoms with E-state index >= 15 is 0 Å². The lowest BCUT2D eigenvalue weighted by atomic mass is 9.80. The first-order valence-corrected chi connectivity index (χ1v) is 23.6. The SMILES string of the molecule is Cc1cccc(-c2ccccc2)c1-c1n[n+](-c2cc(C(C)(C)C)cc(C(C)(C)C)c2)[c-]n1-c1cccc(Oc2ccc3c4cc(-c5ccccc5)ccc4n(-c4cc(C(C)(C)C)ccn4)c3c2)c1. The molecule has 0 aliphatic rings. The summed E-state index contributed by atoms with van der Waals surface area (Å²) in [6.07, 6.45) is 5.64. The summed E-state index contributed by atoms with van der Waals surface area (Å²) in [7, 11) is 0. The average molecular weight is 890 g/mol. The van der Waals surface area contributed by atoms with Gasteiger partial charge in [0.2, 0.25) is 0 Å². The molecule has 0 saturated carbocycles. The van der Waals surface area contributed by atoms with Crippen molar-refractivity contribution >= 4 is 21.8 Å². The van der Waals surface area contributed by atoms with Crippen LogP contribution >= 0.6 is 0 Å². The van der Waals surface area contributed by atoms with Crippen LogP contribution in [0.25, 0.3) is 72.6 Å². The second kappa shape index (κ2) is 16.9. The predicted molar refractivity (Wildman–Crippen MR) is 280 cm³/mol. The molecule has 0 fully saturated rings. The fourth-order valence-electron chi connectivity index (χ4n) is 9.13. The van der Waals surface area contributed by atoms with Crippen LogP contribution in [0.2, 0.25) is 0 Å². The molecule has 10 rings (SSSR count). The summed E-state index contributed by atoms with van der Waals surface area (Å²) in [5, 5.41) is 7.73. The van der Waals surface area contributed by atoms with Crippen molar-refractivity contribution in [2.45, 2.75) is 85.5 Å². The van der Waals surface area contributed by atoms with Crippen LogP contribution in [0.4, 0.5) is 0 Å². The van der Waals surface area contributed by atoms with Gasteiger partial charge < -0.3 is 4.74 Å². The molecular weight excluding hydrogens is 831 g/mol. The first kappa shape index (κ1) is 44.3. The topological polar surface area (TPSA) is 48.8 Å². The third kappa shape index (κ3) is 8.52. The number of benzene rings is 7. The van der Waals surface area contributed by atoms with E-state index in [9.17, 15) is 0 Å². The Labute approximate surface area is 401 Å². The minimum atomic E-state index is -0.0699. The van der Waals surface area contributed by atoms with E-state index in [1.807, 2.05) is 23.0 Å². The summed E-state index contributed by atoms with van der Waals surface area (Å²) < 4.78 is 13.2. The minimum Gasteiger partial charge on any atom is -0.458 e. The van der Waals surface area contributed by atoms with E-state index < -0.39 is 0 Å². The van der Waals surface area contributed by atoms with Crippen LogP contribution in [0.15, 0.2) is 176 Å². The van der Waals surface area contributed by atoms with E-state index in [1.54, 1.807) is 0 Å². The number of ether oxygens (including phenoxy) is 1. The van der Waals surface area contributed by atoms with Crippen LogP contribution in [0.1, 0.15) is 84.6 Å². The summed E-state index contributed by atoms with van der Waals surface area (Å²) in [4.78, 5) is 4.96. The van der Waals surface area contributed by atoms with Gasteiger partial charge in [-0.3, -0.25) is 9.13 Å². The number of hydrogen-bond donors (Lipinski definition) is 0. The summed E-state index contributed by atoms with van der Waals surface area (Å²) in [5.74, 6) is 3.07. The van der Waals surface area contributed by atoms with Crippen molar-refractivity contribution in [3.63, 3.8) is 0 Å². The zero-order valence-electron chi connectivity index (χ0n) is 40.9. The zero-order valence-corrected chi connectivity index (χ0v) is 40.9. The molecule has 338 valence electrons. The minimum absolute atomic E-state index is 0.0455. The van der Waals surface area contributed by atoms with Crippen molar-refractivity contribution in [3.05, 3.63) is 205 Å². The van der Waals surface area contributed by atoms with Crippen LogP contribution in [-0.4, -0.2) is 19.2 Å². The fraction of sp³-hybridized carbons (Fsp3) is 0.210. The Kier molecular flexibility index (Phi) is 11.0. The Morgan fingerprint density at radius 2 is 1.18 bits per heavy atom. The summed E-state index contributed by atoms with van der Waals surface area (Å²) in [6, 6.07) is 60.2. The number of hydrogen-bond acceptors (Lipinski definition) is 3. The molecule has 0 radical (unpaired) electrons. The number of nitrogens with zero attached hydrogens (tertiary/aromatic N) is 5. The lowest BCUT2D eigenvalue weighted by Crippen LogP contribution is -2.34. The molecule has 0 aliphatic heterocycles. The van der Waals surface area contributed by atoms with Crippen LogP contribution in [0.5, 0.6) is 11.5 Å². The molecule has 0 bridgehead atoms. The Morgan fingerprint density at radius 1 is 0.515 bits per heavy atom. The molecule has 68 heavy (non-hydrogen) atoms. The van der Waals surface area contributed by atoms with E-state index in [0.717, 1.165) is 72.8 Å². The number of aryl methyl sites for hydroxylation is 1. The van der Waals surface area contributed by atoms with Crippen molar-refractivity contribution in [2.75, 3.05) is 0 Å². The molecule has 0 atom stereocenters. The first-order chi connectivity index (χ1) is 32.5. The smallest absolute Gasteiger partial charge is 0.273 e. The largest absolute Gasteiger partial charge is 0.458 e. The highest BCUT2D eigenvalue weighted by Gasteiger charge is 2.25. The van der Waals surface area contributed by atoms with Gasteiger partial charge in [0.15, 0.2) is 5.82 Å². The Bertz CT molecular complexity index is 3450. The third-order valence-corrected chi connectivity index (χ3v) is 13.1. The average Bonchev–Trinajstić information content (AvgIpc) is 3.91. The normalized spacial score (nSPS) is 12.3. The van der Waals surface area contributed by atoms with Crippen molar-refractivity contribution in [1.29, 1.82) is 0 Å². The Hall–Kier alpha value is -7.57. The maximum atomic E-state index is 6.88. The molecule has 0 N–H and O–H groups in total. The molecule has 0 aliphatic carbocycles. The van der Waals surface area contributed by atoms with Crippen LogP contribution in [-0.2, 0) is 16.2 Å². The van der Waals surface area contributed by atoms with E-state index in [-0.39, 0.29) is 16.2 Å². The highest BCUT2D eigenvalue weighted by Crippen LogP contribution is 2.40. The zero-order chi connectivity index (χ0) is 47.5. The maximum Gasteiger partial charge on any atom is 0.273 e. The molecular formula is C62H59N5O. The van der Waals surface area contributed by atoms with Gasteiger partial charge in [0.25, 0.3) is 6.33 Å². The molecule has 0 saturated heterocycles. The molecule has 3 heterocycles. The Morgan fingerprint density at radius 3 is 1.87 bits per heavy atom. The third-order valence-electron chi connectivity index (χ3n) is 13.1. The summed E-state index contributed by atoms with van der Waals surface area (Å²) >= 11 is 0. The molecule has 0 amide bonds. The van der Waals surface area contributed by atoms with E-state index in [1.165, 1.54) is 27.8 Å². The summed E-state index contributed by atoms with van der Waals surface area (Å²) in [6.45, 7) is 22.5. The number of fused-ring (bicyclic) bond motifs is 3. The van der Waals surface area contributed by atoms with Crippen molar-refractivity contribution in [2.24, 2.45) is 0 Å². The van der Waals surface area contributed by atoms with Gasteiger partial charge in [0, 0.05) is 28.6 Å². The lowest BCUT2D eigenvalue weighted by Gasteiger charge is -2.26. The number of pyridine rings is 1. The van der Waals surface area contributed by atoms with E-state index in [0.29, 0.717) is 5.75 Å². The Balaban J connectivity index is 1.12.